The summed E-state index contributed by atoms with van der Waals surface area (Å²) in [5.41, 5.74) is 3.64. The van der Waals surface area contributed by atoms with Crippen molar-refractivity contribution in [2.75, 3.05) is 0 Å². The Morgan fingerprint density at radius 1 is 1.00 bits per heavy atom. The number of aromatic hydroxyl groups is 1. The summed E-state index contributed by atoms with van der Waals surface area (Å²) in [5.74, 6) is 2.67. The van der Waals surface area contributed by atoms with Crippen LogP contribution in [0, 0.1) is 34.8 Å². The lowest BCUT2D eigenvalue weighted by Crippen LogP contribution is -2.00. The molecule has 42 heavy (non-hydrogen) atoms. The molecule has 0 fully saturated rings. The van der Waals surface area contributed by atoms with Crippen LogP contribution in [0.25, 0.3) is 10.8 Å². The zero-order valence-electron chi connectivity index (χ0n) is 26.2. The van der Waals surface area contributed by atoms with Crippen molar-refractivity contribution in [2.24, 2.45) is 28.0 Å². The first kappa shape index (κ1) is 33.4. The molecule has 0 aliphatic rings. The lowest BCUT2D eigenvalue weighted by molar-refractivity contribution is -0.380. The standard InChI is InChI=1S/C34H48N4O3S/c1-23(2)12-9-13-24(3)14-10-15-25(4)16-11-17-26(5)20-21-28-27(6)32(29-18-7-8-19-30(29)33(28)39)36-37-34-35-22-31(42-34)38(40)41/h7-8,18-20,22-25,39H,9-17,21H2,1-6H3/b26-20+,37-36+. The summed E-state index contributed by atoms with van der Waals surface area (Å²) in [5, 5.41) is 32.5. The van der Waals surface area contributed by atoms with Gasteiger partial charge in [-0.25, -0.2) is 4.98 Å². The number of nitrogens with zero attached hydrogens (tertiary/aromatic N) is 4. The van der Waals surface area contributed by atoms with Crippen LogP contribution in [0.1, 0.15) is 104 Å². The molecule has 1 N–H and O–H groups in total. The maximum absolute atomic E-state index is 11.2. The highest BCUT2D eigenvalue weighted by Gasteiger charge is 2.17. The van der Waals surface area contributed by atoms with Crippen molar-refractivity contribution >= 4 is 37.9 Å². The van der Waals surface area contributed by atoms with Crippen molar-refractivity contribution in [3.63, 3.8) is 0 Å². The number of phenolic OH excluding ortho intramolecular Hbond substituents is 1. The van der Waals surface area contributed by atoms with E-state index < -0.39 is 4.92 Å². The smallest absolute Gasteiger partial charge is 0.345 e. The Kier molecular flexibility index (Phi) is 13.1. The minimum Gasteiger partial charge on any atom is -0.507 e. The van der Waals surface area contributed by atoms with Gasteiger partial charge < -0.3 is 5.11 Å². The van der Waals surface area contributed by atoms with Crippen LogP contribution in [0.2, 0.25) is 0 Å². The van der Waals surface area contributed by atoms with Gasteiger partial charge in [0.05, 0.1) is 10.6 Å². The van der Waals surface area contributed by atoms with Crippen LogP contribution in [0.5, 0.6) is 5.75 Å². The van der Waals surface area contributed by atoms with Crippen molar-refractivity contribution in [3.05, 3.63) is 63.4 Å². The summed E-state index contributed by atoms with van der Waals surface area (Å²) in [6.45, 7) is 13.5. The number of hydrogen-bond acceptors (Lipinski definition) is 7. The number of aromatic nitrogens is 1. The lowest BCUT2D eigenvalue weighted by atomic mass is 9.91. The zero-order chi connectivity index (χ0) is 30.6. The molecule has 1 aromatic heterocycles. The van der Waals surface area contributed by atoms with E-state index in [4.69, 9.17) is 0 Å². The molecule has 0 aliphatic heterocycles. The molecule has 228 valence electrons. The van der Waals surface area contributed by atoms with Crippen LogP contribution in [-0.4, -0.2) is 15.0 Å². The number of azo groups is 1. The molecule has 7 nitrogen and oxygen atoms in total. The minimum atomic E-state index is -0.484. The van der Waals surface area contributed by atoms with Gasteiger partial charge in [0.25, 0.3) is 0 Å². The molecular formula is C34H48N4O3S. The highest BCUT2D eigenvalue weighted by atomic mass is 32.1. The minimum absolute atomic E-state index is 0.0750. The van der Waals surface area contributed by atoms with E-state index in [1.165, 1.54) is 63.1 Å². The van der Waals surface area contributed by atoms with Crippen molar-refractivity contribution in [1.82, 2.24) is 4.98 Å². The maximum Gasteiger partial charge on any atom is 0.345 e. The molecule has 0 radical (unpaired) electrons. The van der Waals surface area contributed by atoms with Crippen LogP contribution in [0.4, 0.5) is 15.8 Å². The molecule has 0 saturated heterocycles. The molecule has 0 amide bonds. The summed E-state index contributed by atoms with van der Waals surface area (Å²) in [4.78, 5) is 14.5. The van der Waals surface area contributed by atoms with Gasteiger partial charge in [-0.3, -0.25) is 10.1 Å². The van der Waals surface area contributed by atoms with Crippen molar-refractivity contribution in [2.45, 2.75) is 106 Å². The van der Waals surface area contributed by atoms with Gasteiger partial charge in [0, 0.05) is 16.3 Å². The topological polar surface area (TPSA) is 101 Å². The summed E-state index contributed by atoms with van der Waals surface area (Å²) in [6, 6.07) is 7.57. The average Bonchev–Trinajstić information content (AvgIpc) is 3.42. The van der Waals surface area contributed by atoms with Gasteiger partial charge in [0.2, 0.25) is 5.13 Å². The van der Waals surface area contributed by atoms with Gasteiger partial charge in [-0.2, -0.15) is 0 Å². The fourth-order valence-electron chi connectivity index (χ4n) is 5.53. The first-order chi connectivity index (χ1) is 20.1. The second-order valence-electron chi connectivity index (χ2n) is 12.4. The predicted octanol–water partition coefficient (Wildman–Crippen LogP) is 11.6. The van der Waals surface area contributed by atoms with Crippen LogP contribution in [-0.2, 0) is 6.42 Å². The molecule has 2 unspecified atom stereocenters. The molecule has 0 saturated carbocycles. The van der Waals surface area contributed by atoms with E-state index >= 15 is 0 Å². The van der Waals surface area contributed by atoms with Crippen molar-refractivity contribution in [3.8, 4) is 5.75 Å². The Morgan fingerprint density at radius 3 is 2.24 bits per heavy atom. The molecule has 0 spiro atoms. The number of rotatable bonds is 17. The SMILES string of the molecule is C/C(=C\Cc1c(C)c(/N=N/c2ncc([N+](=O)[O-])s2)c2ccccc2c1O)CCCC(C)CCCC(C)CCCC(C)C. The number of fused-ring (bicyclic) bond motifs is 1. The van der Waals surface area contributed by atoms with Crippen LogP contribution >= 0.6 is 11.3 Å². The highest BCUT2D eigenvalue weighted by Crippen LogP contribution is 2.41. The van der Waals surface area contributed by atoms with E-state index in [0.717, 1.165) is 52.0 Å². The third-order valence-electron chi connectivity index (χ3n) is 8.22. The molecular weight excluding hydrogens is 544 g/mol. The molecule has 3 rings (SSSR count). The van der Waals surface area contributed by atoms with E-state index in [1.807, 2.05) is 31.2 Å². The van der Waals surface area contributed by atoms with E-state index in [2.05, 4.69) is 55.9 Å². The largest absolute Gasteiger partial charge is 0.507 e. The molecule has 2 aromatic carbocycles. The maximum atomic E-state index is 11.2. The molecule has 0 bridgehead atoms. The summed E-state index contributed by atoms with van der Waals surface area (Å²) >= 11 is 0.882. The van der Waals surface area contributed by atoms with Crippen molar-refractivity contribution < 1.29 is 10.0 Å². The van der Waals surface area contributed by atoms with Gasteiger partial charge in [-0.15, -0.1) is 10.2 Å². The third kappa shape index (κ3) is 10.0. The number of thiazole rings is 1. The number of benzene rings is 2. The van der Waals surface area contributed by atoms with Gasteiger partial charge in [-0.1, -0.05) is 109 Å². The fourth-order valence-corrected chi connectivity index (χ4v) is 6.08. The lowest BCUT2D eigenvalue weighted by Gasteiger charge is -2.15. The quantitative estimate of drug-likeness (QED) is 0.0729. The molecule has 8 heteroatoms. The van der Waals surface area contributed by atoms with Gasteiger partial charge >= 0.3 is 5.00 Å². The first-order valence-corrected chi connectivity index (χ1v) is 16.3. The van der Waals surface area contributed by atoms with Gasteiger partial charge in [0.1, 0.15) is 11.9 Å². The zero-order valence-corrected chi connectivity index (χ0v) is 27.0. The number of nitro groups is 1. The summed E-state index contributed by atoms with van der Waals surface area (Å²) < 4.78 is 0. The molecule has 2 atom stereocenters. The fraction of sp³-hybridized carbons (Fsp3) is 0.559. The van der Waals surface area contributed by atoms with E-state index in [1.54, 1.807) is 0 Å². The number of allylic oxidation sites excluding steroid dienone is 2. The van der Waals surface area contributed by atoms with E-state index in [9.17, 15) is 15.2 Å². The Hall–Kier alpha value is -3.13. The van der Waals surface area contributed by atoms with Crippen molar-refractivity contribution in [1.29, 1.82) is 0 Å². The summed E-state index contributed by atoms with van der Waals surface area (Å²) in [6.07, 6.45) is 15.5. The van der Waals surface area contributed by atoms with E-state index in [0.29, 0.717) is 17.5 Å². The Morgan fingerprint density at radius 2 is 1.62 bits per heavy atom. The average molecular weight is 593 g/mol. The highest BCUT2D eigenvalue weighted by molar-refractivity contribution is 7.18. The predicted molar refractivity (Wildman–Crippen MR) is 175 cm³/mol. The van der Waals surface area contributed by atoms with Gasteiger partial charge in [0.15, 0.2) is 0 Å². The normalized spacial score (nSPS) is 13.8. The molecule has 1 heterocycles. The second-order valence-corrected chi connectivity index (χ2v) is 13.4. The first-order valence-electron chi connectivity index (χ1n) is 15.5. The number of phenols is 1. The number of hydrogen-bond donors (Lipinski definition) is 1. The Bertz CT molecular complexity index is 1380. The van der Waals surface area contributed by atoms with Crippen LogP contribution < -0.4 is 0 Å². The van der Waals surface area contributed by atoms with Crippen LogP contribution in [0.3, 0.4) is 0 Å². The Balaban J connectivity index is 1.58. The van der Waals surface area contributed by atoms with Gasteiger partial charge in [-0.05, 0) is 67.8 Å². The Labute approximate surface area is 255 Å². The second kappa shape index (κ2) is 16.5. The summed E-state index contributed by atoms with van der Waals surface area (Å²) in [7, 11) is 0. The third-order valence-corrected chi connectivity index (χ3v) is 9.06. The molecule has 3 aromatic rings. The van der Waals surface area contributed by atoms with Crippen LogP contribution in [0.15, 0.2) is 52.3 Å². The van der Waals surface area contributed by atoms with E-state index in [-0.39, 0.29) is 15.9 Å². The molecule has 0 aliphatic carbocycles. The monoisotopic (exact) mass is 592 g/mol.